The minimum absolute atomic E-state index is 0.322. The molecule has 0 aromatic heterocycles. The van der Waals surface area contributed by atoms with Crippen molar-refractivity contribution in [3.05, 3.63) is 35.4 Å². The van der Waals surface area contributed by atoms with Crippen LogP contribution in [0.5, 0.6) is 0 Å². The van der Waals surface area contributed by atoms with E-state index in [0.717, 1.165) is 64.7 Å². The average Bonchev–Trinajstić information content (AvgIpc) is 3.39. The molecule has 1 saturated heterocycles. The minimum atomic E-state index is -0.554. The number of ether oxygens (including phenoxy) is 1. The Bertz CT molecular complexity index is 613. The number of halogens is 2. The molecule has 1 saturated carbocycles. The van der Waals surface area contributed by atoms with Gasteiger partial charge in [-0.3, -0.25) is 9.89 Å². The molecule has 0 radical (unpaired) electrons. The molecule has 0 atom stereocenters. The predicted octanol–water partition coefficient (Wildman–Crippen LogP) is 1.62. The van der Waals surface area contributed by atoms with Gasteiger partial charge in [-0.15, -0.1) is 0 Å². The van der Waals surface area contributed by atoms with Crippen molar-refractivity contribution < 1.29 is 13.5 Å². The molecule has 1 aliphatic heterocycles. The van der Waals surface area contributed by atoms with Gasteiger partial charge >= 0.3 is 0 Å². The van der Waals surface area contributed by atoms with Gasteiger partial charge in [0.2, 0.25) is 0 Å². The van der Waals surface area contributed by atoms with E-state index in [1.54, 1.807) is 0 Å². The van der Waals surface area contributed by atoms with E-state index >= 15 is 0 Å². The Morgan fingerprint density at radius 1 is 1.28 bits per heavy atom. The molecule has 0 spiro atoms. The van der Waals surface area contributed by atoms with Crippen LogP contribution >= 0.6 is 0 Å². The van der Waals surface area contributed by atoms with Gasteiger partial charge in [-0.05, 0) is 37.4 Å². The highest BCUT2D eigenvalue weighted by Crippen LogP contribution is 2.49. The molecule has 2 fully saturated rings. The van der Waals surface area contributed by atoms with Crippen molar-refractivity contribution in [3.8, 4) is 0 Å². The smallest absolute Gasteiger partial charge is 0.188 e. The fourth-order valence-corrected chi connectivity index (χ4v) is 3.22. The number of nitrogens with two attached hydrogens (primary N) is 1. The Hall–Kier alpha value is -1.73. The average molecular weight is 352 g/mol. The molecule has 0 unspecified atom stereocenters. The lowest BCUT2D eigenvalue weighted by atomic mass is 9.95. The lowest BCUT2D eigenvalue weighted by Gasteiger charge is -2.26. The summed E-state index contributed by atoms with van der Waals surface area (Å²) in [5, 5.41) is 3.11. The second-order valence-corrected chi connectivity index (χ2v) is 6.84. The van der Waals surface area contributed by atoms with Crippen molar-refractivity contribution in [2.24, 2.45) is 10.7 Å². The molecule has 25 heavy (non-hydrogen) atoms. The van der Waals surface area contributed by atoms with E-state index in [1.165, 1.54) is 12.1 Å². The number of guanidine groups is 1. The zero-order valence-electron chi connectivity index (χ0n) is 14.4. The van der Waals surface area contributed by atoms with Crippen molar-refractivity contribution in [1.29, 1.82) is 0 Å². The summed E-state index contributed by atoms with van der Waals surface area (Å²) in [6.07, 6.45) is 2.68. The Balaban J connectivity index is 1.43. The number of morpholine rings is 1. The van der Waals surface area contributed by atoms with E-state index in [2.05, 4.69) is 15.2 Å². The van der Waals surface area contributed by atoms with Crippen LogP contribution < -0.4 is 11.1 Å². The van der Waals surface area contributed by atoms with Crippen LogP contribution in [0.2, 0.25) is 0 Å². The summed E-state index contributed by atoms with van der Waals surface area (Å²) in [6, 6.07) is 3.76. The maximum absolute atomic E-state index is 14.0. The highest BCUT2D eigenvalue weighted by Gasteiger charge is 2.46. The van der Waals surface area contributed by atoms with Crippen molar-refractivity contribution in [1.82, 2.24) is 10.2 Å². The number of aliphatic imine (C=N–C) groups is 1. The first-order chi connectivity index (χ1) is 12.1. The van der Waals surface area contributed by atoms with Crippen molar-refractivity contribution in [2.45, 2.75) is 24.7 Å². The zero-order chi connectivity index (χ0) is 17.7. The second-order valence-electron chi connectivity index (χ2n) is 6.84. The highest BCUT2D eigenvalue weighted by molar-refractivity contribution is 5.77. The third-order valence-corrected chi connectivity index (χ3v) is 4.97. The zero-order valence-corrected chi connectivity index (χ0v) is 14.4. The number of benzene rings is 1. The van der Waals surface area contributed by atoms with Crippen LogP contribution in [0.4, 0.5) is 8.78 Å². The van der Waals surface area contributed by atoms with Crippen molar-refractivity contribution >= 4 is 5.96 Å². The lowest BCUT2D eigenvalue weighted by Crippen LogP contribution is -2.39. The first-order valence-corrected chi connectivity index (χ1v) is 8.88. The fourth-order valence-electron chi connectivity index (χ4n) is 3.22. The summed E-state index contributed by atoms with van der Waals surface area (Å²) in [5.74, 6) is -0.664. The normalized spacial score (nSPS) is 20.5. The number of rotatable bonds is 7. The van der Waals surface area contributed by atoms with Crippen molar-refractivity contribution in [3.63, 3.8) is 0 Å². The first kappa shape index (κ1) is 18.1. The molecule has 5 nitrogen and oxygen atoms in total. The van der Waals surface area contributed by atoms with Gasteiger partial charge in [0.25, 0.3) is 0 Å². The first-order valence-electron chi connectivity index (χ1n) is 8.88. The molecule has 1 aromatic rings. The van der Waals surface area contributed by atoms with Crippen LogP contribution in [-0.2, 0) is 10.2 Å². The molecule has 0 amide bonds. The molecule has 3 N–H and O–H groups in total. The van der Waals surface area contributed by atoms with Crippen LogP contribution in [0.1, 0.15) is 24.8 Å². The summed E-state index contributed by atoms with van der Waals surface area (Å²) in [6.45, 7) is 5.76. The molecule has 138 valence electrons. The Morgan fingerprint density at radius 3 is 2.72 bits per heavy atom. The Kier molecular flexibility index (Phi) is 5.86. The monoisotopic (exact) mass is 352 g/mol. The highest BCUT2D eigenvalue weighted by atomic mass is 19.1. The van der Waals surface area contributed by atoms with Gasteiger partial charge in [0.05, 0.1) is 19.8 Å². The molecule has 0 bridgehead atoms. The maximum Gasteiger partial charge on any atom is 0.188 e. The SMILES string of the molecule is NC(=NCC1(c2ccc(F)cc2F)CC1)NCCCN1CCOCC1. The standard InChI is InChI=1S/C18H26F2N4O/c19-14-2-3-15(16(20)12-14)18(4-5-18)13-23-17(21)22-6-1-7-24-8-10-25-11-9-24/h2-3,12H,1,4-11,13H2,(H3,21,22,23). The van der Waals surface area contributed by atoms with E-state index in [-0.39, 0.29) is 5.41 Å². The molecular formula is C18H26F2N4O. The fraction of sp³-hybridized carbons (Fsp3) is 0.611. The quantitative estimate of drug-likeness (QED) is 0.445. The van der Waals surface area contributed by atoms with Gasteiger partial charge in [-0.2, -0.15) is 0 Å². The van der Waals surface area contributed by atoms with Gasteiger partial charge in [-0.25, -0.2) is 8.78 Å². The topological polar surface area (TPSA) is 62.9 Å². The largest absolute Gasteiger partial charge is 0.379 e. The van der Waals surface area contributed by atoms with E-state index in [0.29, 0.717) is 18.1 Å². The Labute approximate surface area is 147 Å². The van der Waals surface area contributed by atoms with Gasteiger partial charge in [0.1, 0.15) is 11.6 Å². The van der Waals surface area contributed by atoms with Gasteiger partial charge in [0.15, 0.2) is 5.96 Å². The maximum atomic E-state index is 14.0. The van der Waals surface area contributed by atoms with E-state index in [4.69, 9.17) is 10.5 Å². The summed E-state index contributed by atoms with van der Waals surface area (Å²) < 4.78 is 32.4. The van der Waals surface area contributed by atoms with Gasteiger partial charge < -0.3 is 15.8 Å². The Morgan fingerprint density at radius 2 is 2.04 bits per heavy atom. The van der Waals surface area contributed by atoms with Gasteiger partial charge in [-0.1, -0.05) is 6.07 Å². The van der Waals surface area contributed by atoms with E-state index in [9.17, 15) is 8.78 Å². The molecular weight excluding hydrogens is 326 g/mol. The van der Waals surface area contributed by atoms with Crippen LogP contribution in [-0.4, -0.2) is 56.8 Å². The molecule has 1 heterocycles. The second kappa shape index (κ2) is 8.10. The van der Waals surface area contributed by atoms with Crippen LogP contribution in [0.25, 0.3) is 0 Å². The van der Waals surface area contributed by atoms with Crippen molar-refractivity contribution in [2.75, 3.05) is 45.9 Å². The summed E-state index contributed by atoms with van der Waals surface area (Å²) in [4.78, 5) is 6.74. The number of hydrogen-bond donors (Lipinski definition) is 2. The molecule has 3 rings (SSSR count). The molecule has 1 aromatic carbocycles. The van der Waals surface area contributed by atoms with Crippen LogP contribution in [0.15, 0.2) is 23.2 Å². The molecule has 2 aliphatic rings. The number of hydrogen-bond acceptors (Lipinski definition) is 3. The summed E-state index contributed by atoms with van der Waals surface area (Å²) in [5.41, 5.74) is 6.14. The summed E-state index contributed by atoms with van der Waals surface area (Å²) >= 11 is 0. The third kappa shape index (κ3) is 4.89. The summed E-state index contributed by atoms with van der Waals surface area (Å²) in [7, 11) is 0. The lowest BCUT2D eigenvalue weighted by molar-refractivity contribution is 0.0376. The molecule has 1 aliphatic carbocycles. The van der Waals surface area contributed by atoms with E-state index < -0.39 is 11.6 Å². The number of nitrogens with one attached hydrogen (secondary N) is 1. The molecule has 7 heteroatoms. The van der Waals surface area contributed by atoms with Gasteiger partial charge in [0, 0.05) is 31.1 Å². The third-order valence-electron chi connectivity index (χ3n) is 4.97. The van der Waals surface area contributed by atoms with Crippen LogP contribution in [0.3, 0.4) is 0 Å². The van der Waals surface area contributed by atoms with Crippen LogP contribution in [0, 0.1) is 11.6 Å². The number of nitrogens with zero attached hydrogens (tertiary/aromatic N) is 2. The minimum Gasteiger partial charge on any atom is -0.379 e. The van der Waals surface area contributed by atoms with E-state index in [1.807, 2.05) is 0 Å². The predicted molar refractivity (Wildman–Crippen MR) is 93.6 cm³/mol.